The second-order valence-electron chi connectivity index (χ2n) is 10.8. The maximum atomic E-state index is 13.7. The Kier molecular flexibility index (Phi) is 10.2. The van der Waals surface area contributed by atoms with Gasteiger partial charge in [-0.2, -0.15) is 0 Å². The molecule has 40 heavy (non-hydrogen) atoms. The van der Waals surface area contributed by atoms with Gasteiger partial charge in [0, 0.05) is 19.4 Å². The van der Waals surface area contributed by atoms with E-state index in [-0.39, 0.29) is 18.6 Å². The highest BCUT2D eigenvalue weighted by Gasteiger charge is 2.58. The standard InChI is InChI=1S/C31H42N2O7/c1-6-39-25-17-24(18-26(40-7-2)27(25)22(4)34)21(3)33(16-12-11-15-23-13-9-8-10-14-23)29(37)32-31(28(35)36)19-30(5,38)20-31/h8-10,13-14,17-18,21,38H,6-7,11-12,15-16,19-20H2,1-5H3,(H,32,37)(H,35,36)/t21-,30?,31?/m1/s1. The number of urea groups is 1. The summed E-state index contributed by atoms with van der Waals surface area (Å²) >= 11 is 0. The zero-order valence-electron chi connectivity index (χ0n) is 24.2. The van der Waals surface area contributed by atoms with Crippen LogP contribution in [-0.2, 0) is 11.2 Å². The molecule has 0 unspecified atom stereocenters. The molecule has 1 fully saturated rings. The number of aliphatic hydroxyl groups is 1. The number of unbranched alkanes of at least 4 members (excludes halogenated alkanes) is 1. The van der Waals surface area contributed by atoms with Crippen molar-refractivity contribution < 1.29 is 34.1 Å². The molecule has 1 aliphatic rings. The number of ketones is 1. The fourth-order valence-electron chi connectivity index (χ4n) is 5.46. The second-order valence-corrected chi connectivity index (χ2v) is 10.8. The maximum absolute atomic E-state index is 13.7. The first-order chi connectivity index (χ1) is 18.9. The van der Waals surface area contributed by atoms with Crippen molar-refractivity contribution >= 4 is 17.8 Å². The lowest BCUT2D eigenvalue weighted by Gasteiger charge is -2.49. The predicted molar refractivity (Wildman–Crippen MR) is 152 cm³/mol. The number of nitrogens with zero attached hydrogens (tertiary/aromatic N) is 1. The molecule has 218 valence electrons. The number of carboxylic acid groups (broad SMARTS) is 1. The van der Waals surface area contributed by atoms with Crippen molar-refractivity contribution in [3.05, 3.63) is 59.2 Å². The van der Waals surface area contributed by atoms with Crippen molar-refractivity contribution in [2.24, 2.45) is 0 Å². The van der Waals surface area contributed by atoms with Crippen molar-refractivity contribution in [3.63, 3.8) is 0 Å². The van der Waals surface area contributed by atoms with E-state index in [9.17, 15) is 24.6 Å². The second kappa shape index (κ2) is 13.2. The summed E-state index contributed by atoms with van der Waals surface area (Å²) in [7, 11) is 0. The van der Waals surface area contributed by atoms with Gasteiger partial charge in [-0.3, -0.25) is 4.79 Å². The van der Waals surface area contributed by atoms with Gasteiger partial charge in [-0.25, -0.2) is 9.59 Å². The van der Waals surface area contributed by atoms with E-state index in [0.717, 1.165) is 12.8 Å². The molecule has 0 heterocycles. The van der Waals surface area contributed by atoms with Gasteiger partial charge in [0.05, 0.1) is 24.9 Å². The molecule has 0 aromatic heterocycles. The average Bonchev–Trinajstić information content (AvgIpc) is 2.87. The molecule has 3 rings (SSSR count). The number of amides is 2. The van der Waals surface area contributed by atoms with Crippen molar-refractivity contribution in [2.45, 2.75) is 83.9 Å². The Hall–Kier alpha value is -3.59. The number of rotatable bonds is 14. The summed E-state index contributed by atoms with van der Waals surface area (Å²) < 4.78 is 11.6. The number of Topliss-reactive ketones (excluding diaryl/α,β-unsaturated/α-hetero) is 1. The maximum Gasteiger partial charge on any atom is 0.329 e. The number of hydrogen-bond donors (Lipinski definition) is 3. The fraction of sp³-hybridized carbons (Fsp3) is 0.516. The number of nitrogens with one attached hydrogen (secondary N) is 1. The molecule has 1 saturated carbocycles. The molecule has 9 heteroatoms. The zero-order chi connectivity index (χ0) is 29.5. The Morgan fingerprint density at radius 2 is 1.60 bits per heavy atom. The van der Waals surface area contributed by atoms with Crippen LogP contribution in [0.25, 0.3) is 0 Å². The van der Waals surface area contributed by atoms with E-state index in [2.05, 4.69) is 17.4 Å². The smallest absolute Gasteiger partial charge is 0.329 e. The number of aryl methyl sites for hydroxylation is 1. The molecule has 0 bridgehead atoms. The van der Waals surface area contributed by atoms with E-state index in [0.29, 0.717) is 48.8 Å². The first-order valence-corrected chi connectivity index (χ1v) is 14.0. The number of carbonyl (C=O) groups is 3. The van der Waals surface area contributed by atoms with Crippen LogP contribution in [0.5, 0.6) is 11.5 Å². The topological polar surface area (TPSA) is 125 Å². The number of carbonyl (C=O) groups excluding carboxylic acids is 2. The molecule has 2 aromatic carbocycles. The first kappa shape index (κ1) is 30.9. The lowest BCUT2D eigenvalue weighted by molar-refractivity contribution is -0.163. The van der Waals surface area contributed by atoms with Crippen LogP contribution >= 0.6 is 0 Å². The molecule has 0 spiro atoms. The highest BCUT2D eigenvalue weighted by Crippen LogP contribution is 2.42. The van der Waals surface area contributed by atoms with Crippen LogP contribution in [0.4, 0.5) is 4.79 Å². The molecule has 1 atom stereocenters. The molecule has 3 N–H and O–H groups in total. The summed E-state index contributed by atoms with van der Waals surface area (Å²) in [5.41, 5.74) is -0.441. The normalized spacial score (nSPS) is 20.6. The van der Waals surface area contributed by atoms with E-state index in [1.165, 1.54) is 12.5 Å². The van der Waals surface area contributed by atoms with E-state index >= 15 is 0 Å². The molecule has 0 saturated heterocycles. The third-order valence-corrected chi connectivity index (χ3v) is 7.33. The van der Waals surface area contributed by atoms with Crippen LogP contribution in [0, 0.1) is 0 Å². The van der Waals surface area contributed by atoms with Crippen LogP contribution in [0.15, 0.2) is 42.5 Å². The van der Waals surface area contributed by atoms with Gasteiger partial charge in [0.25, 0.3) is 0 Å². The number of ether oxygens (including phenoxy) is 2. The minimum absolute atomic E-state index is 0.0758. The lowest BCUT2D eigenvalue weighted by atomic mass is 9.66. The Bertz CT molecular complexity index is 1160. The van der Waals surface area contributed by atoms with E-state index in [4.69, 9.17) is 9.47 Å². The lowest BCUT2D eigenvalue weighted by Crippen LogP contribution is -2.69. The number of benzene rings is 2. The van der Waals surface area contributed by atoms with Gasteiger partial charge in [-0.05, 0) is 77.1 Å². The average molecular weight is 555 g/mol. The van der Waals surface area contributed by atoms with Crippen molar-refractivity contribution in [1.29, 1.82) is 0 Å². The number of carboxylic acids is 1. The van der Waals surface area contributed by atoms with Gasteiger partial charge in [0.15, 0.2) is 5.78 Å². The van der Waals surface area contributed by atoms with Crippen LogP contribution in [0.3, 0.4) is 0 Å². The summed E-state index contributed by atoms with van der Waals surface area (Å²) in [4.78, 5) is 39.9. The van der Waals surface area contributed by atoms with Gasteiger partial charge < -0.3 is 29.9 Å². The Morgan fingerprint density at radius 1 is 1.02 bits per heavy atom. The molecular formula is C31H42N2O7. The van der Waals surface area contributed by atoms with Gasteiger partial charge >= 0.3 is 12.0 Å². The van der Waals surface area contributed by atoms with Crippen LogP contribution < -0.4 is 14.8 Å². The summed E-state index contributed by atoms with van der Waals surface area (Å²) in [6.45, 7) is 9.57. The highest BCUT2D eigenvalue weighted by molar-refractivity contribution is 6.00. The number of hydrogen-bond acceptors (Lipinski definition) is 6. The molecule has 1 aliphatic carbocycles. The Morgan fingerprint density at radius 3 is 2.08 bits per heavy atom. The molecule has 0 aliphatic heterocycles. The number of aliphatic carboxylic acids is 1. The van der Waals surface area contributed by atoms with Crippen LogP contribution in [0.2, 0.25) is 0 Å². The SMILES string of the molecule is CCOc1cc([C@@H](C)N(CCCCc2ccccc2)C(=O)NC2(C(=O)O)CC(C)(O)C2)cc(OCC)c1C(C)=O. The summed E-state index contributed by atoms with van der Waals surface area (Å²) in [6.07, 6.45) is 2.22. The van der Waals surface area contributed by atoms with Gasteiger partial charge in [-0.15, -0.1) is 0 Å². The molecule has 2 amide bonds. The third-order valence-electron chi connectivity index (χ3n) is 7.33. The van der Waals surface area contributed by atoms with Gasteiger partial charge in [-0.1, -0.05) is 30.3 Å². The minimum Gasteiger partial charge on any atom is -0.493 e. The Labute approximate surface area is 236 Å². The zero-order valence-corrected chi connectivity index (χ0v) is 24.2. The minimum atomic E-state index is -1.53. The van der Waals surface area contributed by atoms with Crippen LogP contribution in [0.1, 0.15) is 87.8 Å². The van der Waals surface area contributed by atoms with E-state index in [1.807, 2.05) is 39.0 Å². The summed E-state index contributed by atoms with van der Waals surface area (Å²) in [5.74, 6) is -0.609. The predicted octanol–water partition coefficient (Wildman–Crippen LogP) is 5.15. The van der Waals surface area contributed by atoms with Crippen molar-refractivity contribution in [3.8, 4) is 11.5 Å². The van der Waals surface area contributed by atoms with Crippen molar-refractivity contribution in [2.75, 3.05) is 19.8 Å². The molecule has 0 radical (unpaired) electrons. The monoisotopic (exact) mass is 554 g/mol. The largest absolute Gasteiger partial charge is 0.493 e. The fourth-order valence-corrected chi connectivity index (χ4v) is 5.46. The molecule has 2 aromatic rings. The summed E-state index contributed by atoms with van der Waals surface area (Å²) in [6, 6.07) is 12.6. The third kappa shape index (κ3) is 7.33. The quantitative estimate of drug-likeness (QED) is 0.218. The Balaban J connectivity index is 1.91. The highest BCUT2D eigenvalue weighted by atomic mass is 16.5. The van der Waals surface area contributed by atoms with Crippen LogP contribution in [-0.4, -0.2) is 63.8 Å². The first-order valence-electron chi connectivity index (χ1n) is 14.0. The summed E-state index contributed by atoms with van der Waals surface area (Å²) in [5, 5.41) is 22.9. The van der Waals surface area contributed by atoms with Gasteiger partial charge in [0.1, 0.15) is 22.6 Å². The molecule has 9 nitrogen and oxygen atoms in total. The molecular weight excluding hydrogens is 512 g/mol. The van der Waals surface area contributed by atoms with Gasteiger partial charge in [0.2, 0.25) is 0 Å². The van der Waals surface area contributed by atoms with E-state index < -0.39 is 29.2 Å². The van der Waals surface area contributed by atoms with E-state index in [1.54, 1.807) is 24.0 Å². The van der Waals surface area contributed by atoms with Crippen molar-refractivity contribution in [1.82, 2.24) is 10.2 Å².